The Hall–Kier alpha value is -18.0. The van der Waals surface area contributed by atoms with E-state index in [-0.39, 0.29) is 0 Å². The molecule has 137 heavy (non-hydrogen) atoms. The summed E-state index contributed by atoms with van der Waals surface area (Å²) in [6.07, 6.45) is 0.890. The second kappa shape index (κ2) is 32.2. The Morgan fingerprint density at radius 1 is 0.153 bits per heavy atom. The van der Waals surface area contributed by atoms with Crippen LogP contribution in [0.3, 0.4) is 0 Å². The van der Waals surface area contributed by atoms with Gasteiger partial charge < -0.3 is 0 Å². The van der Waals surface area contributed by atoms with E-state index in [1.165, 1.54) is 230 Å². The lowest BCUT2D eigenvalue weighted by atomic mass is 9.85. The molecule has 6 nitrogen and oxygen atoms in total. The van der Waals surface area contributed by atoms with E-state index in [0.717, 1.165) is 51.6 Å². The predicted octanol–water partition coefficient (Wildman–Crippen LogP) is 35.1. The lowest BCUT2D eigenvalue weighted by Gasteiger charge is -2.18. The smallest absolute Gasteiger partial charge is 0.145 e. The molecule has 6 heterocycles. The first-order valence-electron chi connectivity index (χ1n) is 47.3. The Morgan fingerprint density at radius 3 is 0.759 bits per heavy atom. The SMILES string of the molecule is CCc1nc2cc(-c3c4ccccc4c(-c4ccc(-c5ccccc5)cc4)c4ccccc34)cc3c4ccccc4n1c23.c1ccc(-c2ccc(-c3c4ccccc4c(-c4ccc(-c5nc6cccc7c8ccccc8n5c67)cc4)c4ccccc34)cc2)cc1.c1ccc(-c2ccc(-c3c4ccccc4c(-c4ccc5c(c4)c4cccc6nc(-c7ccccc7)n5c64)c4ccccc34)cc2)cc1. The maximum absolute atomic E-state index is 5.15. The molecule has 0 spiro atoms. The molecule has 0 saturated carbocycles. The van der Waals surface area contributed by atoms with Crippen molar-refractivity contribution in [2.45, 2.75) is 13.3 Å². The molecule has 0 aliphatic heterocycles. The van der Waals surface area contributed by atoms with Gasteiger partial charge in [-0.05, 0) is 213 Å². The van der Waals surface area contributed by atoms with Crippen LogP contribution < -0.4 is 0 Å². The largest absolute Gasteiger partial charge is 0.295 e. The zero-order chi connectivity index (χ0) is 90.3. The highest BCUT2D eigenvalue weighted by atomic mass is 15.1. The van der Waals surface area contributed by atoms with E-state index in [2.05, 4.69) is 499 Å². The van der Waals surface area contributed by atoms with Gasteiger partial charge in [-0.25, -0.2) is 15.0 Å². The van der Waals surface area contributed by atoms with Crippen LogP contribution in [0.5, 0.6) is 0 Å². The number of para-hydroxylation sites is 4. The van der Waals surface area contributed by atoms with E-state index >= 15 is 0 Å². The first kappa shape index (κ1) is 78.8. The summed E-state index contributed by atoms with van der Waals surface area (Å²) in [5, 5.41) is 22.7. The first-order valence-corrected chi connectivity index (χ1v) is 47.3. The summed E-state index contributed by atoms with van der Waals surface area (Å²) in [7, 11) is 0. The molecule has 0 atom stereocenters. The number of imidazole rings is 3. The molecule has 0 bridgehead atoms. The van der Waals surface area contributed by atoms with Gasteiger partial charge in [-0.2, -0.15) is 0 Å². The van der Waals surface area contributed by atoms with Crippen molar-refractivity contribution in [3.05, 3.63) is 485 Å². The Kier molecular flexibility index (Phi) is 18.5. The Bertz CT molecular complexity index is 9600. The van der Waals surface area contributed by atoms with Gasteiger partial charge in [0, 0.05) is 49.9 Å². The fourth-order valence-electron chi connectivity index (χ4n) is 22.5. The number of rotatable bonds is 12. The summed E-state index contributed by atoms with van der Waals surface area (Å²) in [5.41, 5.74) is 34.9. The highest BCUT2D eigenvalue weighted by Gasteiger charge is 2.27. The molecule has 6 aromatic heterocycles. The topological polar surface area (TPSA) is 51.9 Å². The van der Waals surface area contributed by atoms with Gasteiger partial charge in [-0.1, -0.05) is 438 Å². The van der Waals surface area contributed by atoms with Crippen LogP contribution in [-0.2, 0) is 6.42 Å². The van der Waals surface area contributed by atoms with E-state index in [1.54, 1.807) is 0 Å². The number of aryl methyl sites for hydroxylation is 1. The van der Waals surface area contributed by atoms with Crippen molar-refractivity contribution in [3.63, 3.8) is 0 Å². The molecule has 29 rings (SSSR count). The second-order valence-electron chi connectivity index (χ2n) is 36.1. The molecule has 6 heteroatoms. The lowest BCUT2D eigenvalue weighted by Crippen LogP contribution is -1.92. The van der Waals surface area contributed by atoms with E-state index < -0.39 is 0 Å². The standard InChI is InChI=1S/2C45H28N2.C41H28N2/c1-3-12-29(13-4-1)30-22-24-31(25-23-30)42-34-16-7-9-18-36(34)43(37-19-10-8-17-35(37)42)33-26-27-41-39(28-33)38-20-11-21-40-44(38)47(41)45(46-40)32-14-5-2-6-15-32;1-2-11-29(12-3-1)30-21-23-31(24-22-30)42-35-14-4-6-16-37(35)43(38-17-7-5-15-36(38)42)32-25-27-33(28-26-32)45-46-40-19-10-18-39-34-13-8-9-20-41(34)47(45)44(39)40;1-2-38-42-36-25-29(24-35-30-14-10-11-19-37(30)43(38)41(35)36)40-33-17-8-6-15-31(33)39(32-16-7-9-18-34(32)40)28-22-20-27(21-23-28)26-12-4-3-5-13-26/h2*1-28H;3-25H,2H2,1H3. The summed E-state index contributed by atoms with van der Waals surface area (Å²) in [4.78, 5) is 15.4. The van der Waals surface area contributed by atoms with Gasteiger partial charge in [-0.3, -0.25) is 13.2 Å². The van der Waals surface area contributed by atoms with Gasteiger partial charge in [0.05, 0.1) is 49.7 Å². The van der Waals surface area contributed by atoms with E-state index in [1.807, 2.05) is 0 Å². The minimum atomic E-state index is 0.890. The summed E-state index contributed by atoms with van der Waals surface area (Å²) in [6.45, 7) is 2.19. The zero-order valence-corrected chi connectivity index (χ0v) is 75.0. The number of hydrogen-bond donors (Lipinski definition) is 0. The quantitative estimate of drug-likeness (QED) is 0.115. The van der Waals surface area contributed by atoms with Crippen LogP contribution in [0.1, 0.15) is 12.7 Å². The summed E-state index contributed by atoms with van der Waals surface area (Å²) in [6, 6.07) is 174. The van der Waals surface area contributed by atoms with Gasteiger partial charge in [0.15, 0.2) is 0 Å². The molecule has 638 valence electrons. The van der Waals surface area contributed by atoms with E-state index in [9.17, 15) is 0 Å². The normalized spacial score (nSPS) is 11.9. The van der Waals surface area contributed by atoms with Gasteiger partial charge >= 0.3 is 0 Å². The zero-order valence-electron chi connectivity index (χ0n) is 75.0. The average Bonchev–Trinajstić information content (AvgIpc) is 1.68. The number of fused-ring (bicyclic) bond motifs is 15. The van der Waals surface area contributed by atoms with Crippen molar-refractivity contribution in [2.24, 2.45) is 0 Å². The summed E-state index contributed by atoms with van der Waals surface area (Å²) >= 11 is 0. The van der Waals surface area contributed by atoms with Crippen LogP contribution in [-0.4, -0.2) is 28.2 Å². The van der Waals surface area contributed by atoms with Gasteiger partial charge in [0.2, 0.25) is 0 Å². The maximum atomic E-state index is 5.15. The molecule has 23 aromatic carbocycles. The van der Waals surface area contributed by atoms with Crippen LogP contribution in [0.2, 0.25) is 0 Å². The number of nitrogens with zero attached hydrogens (tertiary/aromatic N) is 6. The van der Waals surface area contributed by atoms with Crippen LogP contribution in [0.4, 0.5) is 0 Å². The summed E-state index contributed by atoms with van der Waals surface area (Å²) < 4.78 is 7.04. The summed E-state index contributed by atoms with van der Waals surface area (Å²) in [5.74, 6) is 3.08. The predicted molar refractivity (Wildman–Crippen MR) is 578 cm³/mol. The Balaban J connectivity index is 0.000000104. The van der Waals surface area contributed by atoms with Crippen molar-refractivity contribution >= 4 is 147 Å². The molecule has 0 fully saturated rings. The molecule has 0 radical (unpaired) electrons. The Labute approximate surface area is 790 Å². The van der Waals surface area contributed by atoms with Crippen LogP contribution in [0.25, 0.3) is 270 Å². The third-order valence-electron chi connectivity index (χ3n) is 28.6. The van der Waals surface area contributed by atoms with E-state index in [4.69, 9.17) is 15.0 Å². The number of benzene rings is 23. The second-order valence-corrected chi connectivity index (χ2v) is 36.1. The fraction of sp³-hybridized carbons (Fsp3) is 0.0153. The van der Waals surface area contributed by atoms with E-state index in [0.29, 0.717) is 0 Å². The van der Waals surface area contributed by atoms with Gasteiger partial charge in [0.1, 0.15) is 17.5 Å². The average molecular weight is 1740 g/mol. The third-order valence-corrected chi connectivity index (χ3v) is 28.6. The molecule has 0 aliphatic carbocycles. The third kappa shape index (κ3) is 12.7. The highest BCUT2D eigenvalue weighted by molar-refractivity contribution is 6.27. The minimum Gasteiger partial charge on any atom is -0.295 e. The molecule has 0 N–H and O–H groups in total. The first-order chi connectivity index (χ1) is 68.0. The van der Waals surface area contributed by atoms with Crippen molar-refractivity contribution in [3.8, 4) is 123 Å². The minimum absolute atomic E-state index is 0.890. The monoisotopic (exact) mass is 1740 g/mol. The molecule has 0 unspecified atom stereocenters. The molecule has 0 aliphatic rings. The van der Waals surface area contributed by atoms with Crippen LogP contribution >= 0.6 is 0 Å². The molecular formula is C131H84N6. The molecule has 29 aromatic rings. The highest BCUT2D eigenvalue weighted by Crippen LogP contribution is 2.52. The van der Waals surface area contributed by atoms with Crippen LogP contribution in [0, 0.1) is 0 Å². The number of aromatic nitrogens is 6. The van der Waals surface area contributed by atoms with Gasteiger partial charge in [-0.15, -0.1) is 0 Å². The number of hydrogen-bond acceptors (Lipinski definition) is 3. The van der Waals surface area contributed by atoms with Crippen LogP contribution in [0.15, 0.2) is 479 Å². The van der Waals surface area contributed by atoms with Crippen molar-refractivity contribution in [1.29, 1.82) is 0 Å². The molecular weight excluding hydrogens is 1660 g/mol. The lowest BCUT2D eigenvalue weighted by molar-refractivity contribution is 0.961. The van der Waals surface area contributed by atoms with Crippen molar-refractivity contribution in [2.75, 3.05) is 0 Å². The Morgan fingerprint density at radius 2 is 0.394 bits per heavy atom. The molecule has 0 amide bonds. The van der Waals surface area contributed by atoms with Crippen molar-refractivity contribution < 1.29 is 0 Å². The maximum Gasteiger partial charge on any atom is 0.145 e. The molecule has 0 saturated heterocycles. The fourth-order valence-corrected chi connectivity index (χ4v) is 22.5. The van der Waals surface area contributed by atoms with Gasteiger partial charge in [0.25, 0.3) is 0 Å². The van der Waals surface area contributed by atoms with Crippen molar-refractivity contribution in [1.82, 2.24) is 28.2 Å².